The lowest BCUT2D eigenvalue weighted by molar-refractivity contribution is -0.119. The first-order chi connectivity index (χ1) is 18.7. The number of aliphatic imine (C=N–C) groups is 1. The van der Waals surface area contributed by atoms with E-state index in [9.17, 15) is 14.7 Å². The molecule has 4 aromatic rings. The van der Waals surface area contributed by atoms with Crippen LogP contribution >= 0.6 is 11.6 Å². The SMILES string of the molecule is CN(C)CC(=O)N(C)c1ccc(N=C(c2ccc(N3CCCC3=O)cc2)c2c(O)[nH]c3cc(Cl)ccc23)cc1. The second-order valence-corrected chi connectivity index (χ2v) is 10.3. The fraction of sp³-hybridized carbons (Fsp3) is 0.233. The molecule has 0 atom stereocenters. The van der Waals surface area contributed by atoms with Crippen LogP contribution in [0.5, 0.6) is 5.88 Å². The van der Waals surface area contributed by atoms with E-state index in [0.717, 1.165) is 28.7 Å². The number of aromatic nitrogens is 1. The second-order valence-electron chi connectivity index (χ2n) is 9.90. The molecule has 0 spiro atoms. The van der Waals surface area contributed by atoms with Crippen molar-refractivity contribution in [1.29, 1.82) is 0 Å². The van der Waals surface area contributed by atoms with Gasteiger partial charge in [0, 0.05) is 47.4 Å². The van der Waals surface area contributed by atoms with Gasteiger partial charge in [-0.3, -0.25) is 9.59 Å². The molecule has 0 saturated carbocycles. The first-order valence-electron chi connectivity index (χ1n) is 12.7. The quantitative estimate of drug-likeness (QED) is 0.307. The Morgan fingerprint density at radius 2 is 1.77 bits per heavy atom. The number of nitrogens with one attached hydrogen (secondary N) is 1. The molecule has 2 heterocycles. The number of aromatic amines is 1. The molecule has 0 unspecified atom stereocenters. The van der Waals surface area contributed by atoms with Crippen molar-refractivity contribution < 1.29 is 14.7 Å². The van der Waals surface area contributed by atoms with Crippen LogP contribution in [0.4, 0.5) is 17.1 Å². The number of hydrogen-bond donors (Lipinski definition) is 2. The number of anilines is 2. The van der Waals surface area contributed by atoms with Crippen molar-refractivity contribution in [2.45, 2.75) is 12.8 Å². The van der Waals surface area contributed by atoms with Crippen molar-refractivity contribution in [1.82, 2.24) is 9.88 Å². The van der Waals surface area contributed by atoms with Gasteiger partial charge in [0.05, 0.1) is 29.0 Å². The fourth-order valence-electron chi connectivity index (χ4n) is 4.78. The summed E-state index contributed by atoms with van der Waals surface area (Å²) in [5.74, 6) is 0.0863. The Labute approximate surface area is 232 Å². The van der Waals surface area contributed by atoms with Gasteiger partial charge >= 0.3 is 0 Å². The van der Waals surface area contributed by atoms with Crippen LogP contribution in [0.15, 0.2) is 71.7 Å². The molecule has 2 amide bonds. The van der Waals surface area contributed by atoms with E-state index in [1.807, 2.05) is 73.6 Å². The van der Waals surface area contributed by atoms with Gasteiger partial charge in [0.2, 0.25) is 11.8 Å². The topological polar surface area (TPSA) is 92.2 Å². The molecule has 0 radical (unpaired) electrons. The number of benzene rings is 3. The zero-order valence-corrected chi connectivity index (χ0v) is 22.9. The van der Waals surface area contributed by atoms with Crippen LogP contribution in [0.2, 0.25) is 5.02 Å². The van der Waals surface area contributed by atoms with Crippen LogP contribution in [0.25, 0.3) is 10.9 Å². The monoisotopic (exact) mass is 543 g/mol. The van der Waals surface area contributed by atoms with Crippen LogP contribution in [0.1, 0.15) is 24.0 Å². The number of fused-ring (bicyclic) bond motifs is 1. The van der Waals surface area contributed by atoms with E-state index in [1.165, 1.54) is 0 Å². The van der Waals surface area contributed by atoms with Gasteiger partial charge in [-0.25, -0.2) is 4.99 Å². The zero-order chi connectivity index (χ0) is 27.7. The van der Waals surface area contributed by atoms with E-state index in [4.69, 9.17) is 16.6 Å². The number of halogens is 1. The van der Waals surface area contributed by atoms with Crippen LogP contribution in [0, 0.1) is 0 Å². The Kier molecular flexibility index (Phi) is 7.41. The molecular weight excluding hydrogens is 514 g/mol. The van der Waals surface area contributed by atoms with Gasteiger partial charge in [0.25, 0.3) is 0 Å². The molecule has 2 N–H and O–H groups in total. The standard InChI is InChI=1S/C30H30ClN5O3/c1-34(2)18-27(38)35(3)22-13-9-21(10-14-22)32-29(28-24-15-8-20(31)17-25(24)33-30(28)39)19-6-11-23(12-7-19)36-16-4-5-26(36)37/h6-15,17,33,39H,4-5,16,18H2,1-3H3. The molecule has 200 valence electrons. The molecule has 0 bridgehead atoms. The Morgan fingerprint density at radius 3 is 2.41 bits per heavy atom. The van der Waals surface area contributed by atoms with E-state index >= 15 is 0 Å². The van der Waals surface area contributed by atoms with Gasteiger partial charge in [-0.2, -0.15) is 0 Å². The van der Waals surface area contributed by atoms with Gasteiger partial charge in [-0.15, -0.1) is 0 Å². The molecule has 9 heteroatoms. The predicted octanol–water partition coefficient (Wildman–Crippen LogP) is 5.35. The maximum Gasteiger partial charge on any atom is 0.240 e. The number of carbonyl (C=O) groups excluding carboxylic acids is 2. The molecule has 8 nitrogen and oxygen atoms in total. The third-order valence-electron chi connectivity index (χ3n) is 6.81. The van der Waals surface area contributed by atoms with Crippen molar-refractivity contribution in [3.8, 4) is 5.88 Å². The second kappa shape index (κ2) is 10.9. The molecule has 5 rings (SSSR count). The maximum atomic E-state index is 12.5. The largest absolute Gasteiger partial charge is 0.494 e. The van der Waals surface area contributed by atoms with Gasteiger partial charge < -0.3 is 24.8 Å². The summed E-state index contributed by atoms with van der Waals surface area (Å²) in [5, 5.41) is 12.3. The van der Waals surface area contributed by atoms with Gasteiger partial charge in [0.1, 0.15) is 0 Å². The number of amides is 2. The minimum absolute atomic E-state index is 0.0177. The average molecular weight is 544 g/mol. The Balaban J connectivity index is 1.56. The summed E-state index contributed by atoms with van der Waals surface area (Å²) in [5.41, 5.74) is 4.83. The summed E-state index contributed by atoms with van der Waals surface area (Å²) < 4.78 is 0. The number of carbonyl (C=O) groups is 2. The minimum Gasteiger partial charge on any atom is -0.494 e. The molecule has 1 aliphatic heterocycles. The first-order valence-corrected chi connectivity index (χ1v) is 13.1. The molecule has 3 aromatic carbocycles. The summed E-state index contributed by atoms with van der Waals surface area (Å²) in [6.07, 6.45) is 1.41. The predicted molar refractivity (Wildman–Crippen MR) is 157 cm³/mol. The van der Waals surface area contributed by atoms with Crippen molar-refractivity contribution in [2.75, 3.05) is 44.0 Å². The summed E-state index contributed by atoms with van der Waals surface area (Å²) in [7, 11) is 5.46. The molecule has 0 aliphatic carbocycles. The lowest BCUT2D eigenvalue weighted by Gasteiger charge is -2.19. The Hall–Kier alpha value is -4.14. The number of aromatic hydroxyl groups is 1. The fourth-order valence-corrected chi connectivity index (χ4v) is 4.95. The van der Waals surface area contributed by atoms with E-state index < -0.39 is 0 Å². The summed E-state index contributed by atoms with van der Waals surface area (Å²) in [4.78, 5) is 37.9. The van der Waals surface area contributed by atoms with Crippen LogP contribution in [-0.2, 0) is 9.59 Å². The highest BCUT2D eigenvalue weighted by Crippen LogP contribution is 2.34. The molecule has 39 heavy (non-hydrogen) atoms. The third kappa shape index (κ3) is 5.53. The lowest BCUT2D eigenvalue weighted by atomic mass is 10.00. The zero-order valence-electron chi connectivity index (χ0n) is 22.1. The molecule has 1 fully saturated rings. The van der Waals surface area contributed by atoms with Crippen molar-refractivity contribution in [2.24, 2.45) is 4.99 Å². The third-order valence-corrected chi connectivity index (χ3v) is 7.04. The summed E-state index contributed by atoms with van der Waals surface area (Å²) >= 11 is 6.19. The average Bonchev–Trinajstić information content (AvgIpc) is 3.48. The molecule has 1 aromatic heterocycles. The lowest BCUT2D eigenvalue weighted by Crippen LogP contribution is -2.34. The van der Waals surface area contributed by atoms with Crippen LogP contribution in [0.3, 0.4) is 0 Å². The van der Waals surface area contributed by atoms with Crippen molar-refractivity contribution >= 4 is 57.1 Å². The van der Waals surface area contributed by atoms with E-state index in [1.54, 1.807) is 29.0 Å². The van der Waals surface area contributed by atoms with Crippen LogP contribution in [-0.4, -0.2) is 66.7 Å². The molecule has 1 aliphatic rings. The van der Waals surface area contributed by atoms with Gasteiger partial charge in [-0.05, 0) is 69.0 Å². The Morgan fingerprint density at radius 1 is 1.05 bits per heavy atom. The molecular formula is C30H30ClN5O3. The number of nitrogens with zero attached hydrogens (tertiary/aromatic N) is 4. The number of H-pyrrole nitrogens is 1. The van der Waals surface area contributed by atoms with Gasteiger partial charge in [-0.1, -0.05) is 29.8 Å². The van der Waals surface area contributed by atoms with E-state index in [0.29, 0.717) is 47.0 Å². The summed E-state index contributed by atoms with van der Waals surface area (Å²) in [6, 6.07) is 20.4. The van der Waals surface area contributed by atoms with Gasteiger partial charge in [0.15, 0.2) is 5.88 Å². The van der Waals surface area contributed by atoms with Crippen molar-refractivity contribution in [3.05, 3.63) is 82.9 Å². The summed E-state index contributed by atoms with van der Waals surface area (Å²) in [6.45, 7) is 1.02. The number of hydrogen-bond acceptors (Lipinski definition) is 5. The Bertz CT molecular complexity index is 1560. The van der Waals surface area contributed by atoms with E-state index in [-0.39, 0.29) is 17.7 Å². The van der Waals surface area contributed by atoms with E-state index in [2.05, 4.69) is 4.98 Å². The highest BCUT2D eigenvalue weighted by molar-refractivity contribution is 6.31. The van der Waals surface area contributed by atoms with Crippen molar-refractivity contribution in [3.63, 3.8) is 0 Å². The maximum absolute atomic E-state index is 12.5. The highest BCUT2D eigenvalue weighted by Gasteiger charge is 2.23. The molecule has 1 saturated heterocycles. The number of likely N-dealkylation sites (N-methyl/N-ethyl adjacent to an activating group) is 2. The van der Waals surface area contributed by atoms with Crippen LogP contribution < -0.4 is 9.80 Å². The number of rotatable bonds is 7. The smallest absolute Gasteiger partial charge is 0.240 e. The first kappa shape index (κ1) is 26.5. The highest BCUT2D eigenvalue weighted by atomic mass is 35.5. The minimum atomic E-state index is -0.0181. The normalized spacial score (nSPS) is 14.0.